The first kappa shape index (κ1) is 23.0. The predicted molar refractivity (Wildman–Crippen MR) is 119 cm³/mol. The monoisotopic (exact) mass is 452 g/mol. The van der Waals surface area contributed by atoms with Crippen LogP contribution in [0.25, 0.3) is 11.4 Å². The highest BCUT2D eigenvalue weighted by Crippen LogP contribution is 2.29. The summed E-state index contributed by atoms with van der Waals surface area (Å²) in [6.45, 7) is 10.8. The summed E-state index contributed by atoms with van der Waals surface area (Å²) in [5.41, 5.74) is 0.691. The Hall–Kier alpha value is -1.63. The maximum atomic E-state index is 12.7. The summed E-state index contributed by atoms with van der Waals surface area (Å²) in [6, 6.07) is 5.41. The molecule has 1 aliphatic heterocycles. The molecule has 0 unspecified atom stereocenters. The lowest BCUT2D eigenvalue weighted by atomic mass is 9.90. The molecule has 0 atom stereocenters. The highest BCUT2D eigenvalue weighted by molar-refractivity contribution is 6.36. The van der Waals surface area contributed by atoms with Crippen LogP contribution in [0.2, 0.25) is 10.0 Å². The quantitative estimate of drug-likeness (QED) is 0.635. The van der Waals surface area contributed by atoms with Gasteiger partial charge in [0, 0.05) is 22.5 Å². The van der Waals surface area contributed by atoms with Crippen LogP contribution in [0, 0.1) is 17.8 Å². The molecule has 164 valence electrons. The van der Waals surface area contributed by atoms with Crippen molar-refractivity contribution in [1.29, 1.82) is 0 Å². The van der Waals surface area contributed by atoms with Gasteiger partial charge in [0.15, 0.2) is 0 Å². The summed E-state index contributed by atoms with van der Waals surface area (Å²) in [5, 5.41) is 8.36. The van der Waals surface area contributed by atoms with Crippen molar-refractivity contribution < 1.29 is 9.32 Å². The number of likely N-dealkylation sites (tertiary alicyclic amines) is 1. The van der Waals surface area contributed by atoms with Crippen LogP contribution in [0.5, 0.6) is 0 Å². The SMILES string of the molecule is CC(C)C(NC(=O)C1CCN(Cc2nc(-c3ccc(Cl)cc3Cl)no2)CC1)C(C)C. The number of rotatable bonds is 7. The summed E-state index contributed by atoms with van der Waals surface area (Å²) < 4.78 is 5.41. The van der Waals surface area contributed by atoms with Crippen molar-refractivity contribution >= 4 is 29.1 Å². The molecule has 0 spiro atoms. The van der Waals surface area contributed by atoms with Crippen molar-refractivity contribution in [3.63, 3.8) is 0 Å². The maximum absolute atomic E-state index is 12.7. The van der Waals surface area contributed by atoms with Gasteiger partial charge in [-0.25, -0.2) is 0 Å². The highest BCUT2D eigenvalue weighted by atomic mass is 35.5. The van der Waals surface area contributed by atoms with E-state index in [4.69, 9.17) is 27.7 Å². The van der Waals surface area contributed by atoms with Gasteiger partial charge in [-0.3, -0.25) is 9.69 Å². The van der Waals surface area contributed by atoms with Crippen molar-refractivity contribution in [2.45, 2.75) is 53.1 Å². The Kier molecular flexibility index (Phi) is 7.77. The Morgan fingerprint density at radius 2 is 1.87 bits per heavy atom. The average molecular weight is 453 g/mol. The third-order valence-corrected chi connectivity index (χ3v) is 6.25. The van der Waals surface area contributed by atoms with E-state index in [-0.39, 0.29) is 17.9 Å². The maximum Gasteiger partial charge on any atom is 0.241 e. The molecule has 1 aromatic carbocycles. The van der Waals surface area contributed by atoms with Crippen molar-refractivity contribution in [2.75, 3.05) is 13.1 Å². The van der Waals surface area contributed by atoms with Crippen molar-refractivity contribution in [3.05, 3.63) is 34.1 Å². The molecule has 1 aliphatic rings. The molecule has 8 heteroatoms. The molecule has 0 aliphatic carbocycles. The number of carbonyl (C=O) groups excluding carboxylic acids is 1. The third-order valence-electron chi connectivity index (χ3n) is 5.70. The topological polar surface area (TPSA) is 71.3 Å². The number of nitrogens with zero attached hydrogens (tertiary/aromatic N) is 3. The number of amides is 1. The smallest absolute Gasteiger partial charge is 0.241 e. The lowest BCUT2D eigenvalue weighted by Gasteiger charge is -2.33. The molecule has 3 rings (SSSR count). The predicted octanol–water partition coefficient (Wildman–Crippen LogP) is 5.05. The van der Waals surface area contributed by atoms with E-state index in [1.54, 1.807) is 18.2 Å². The lowest BCUT2D eigenvalue weighted by molar-refractivity contribution is -0.127. The molecule has 1 N–H and O–H groups in total. The van der Waals surface area contributed by atoms with E-state index in [0.29, 0.717) is 45.7 Å². The van der Waals surface area contributed by atoms with E-state index in [0.717, 1.165) is 25.9 Å². The first-order valence-corrected chi connectivity index (χ1v) is 11.3. The Morgan fingerprint density at radius 1 is 1.20 bits per heavy atom. The molecule has 2 aromatic rings. The Morgan fingerprint density at radius 3 is 2.47 bits per heavy atom. The first-order chi connectivity index (χ1) is 14.2. The number of carbonyl (C=O) groups is 1. The van der Waals surface area contributed by atoms with Crippen LogP contribution in [0.1, 0.15) is 46.4 Å². The number of benzene rings is 1. The fourth-order valence-corrected chi connectivity index (χ4v) is 4.52. The van der Waals surface area contributed by atoms with Crippen LogP contribution in [-0.4, -0.2) is 40.1 Å². The van der Waals surface area contributed by atoms with Crippen molar-refractivity contribution in [2.24, 2.45) is 17.8 Å². The third kappa shape index (κ3) is 5.74. The fraction of sp³-hybridized carbons (Fsp3) is 0.591. The molecule has 30 heavy (non-hydrogen) atoms. The summed E-state index contributed by atoms with van der Waals surface area (Å²) in [7, 11) is 0. The van der Waals surface area contributed by atoms with E-state index >= 15 is 0 Å². The minimum atomic E-state index is 0.0624. The Balaban J connectivity index is 1.53. The summed E-state index contributed by atoms with van der Waals surface area (Å²) in [4.78, 5) is 19.4. The molecule has 1 saturated heterocycles. The molecule has 6 nitrogen and oxygen atoms in total. The van der Waals surface area contributed by atoms with Crippen molar-refractivity contribution in [1.82, 2.24) is 20.4 Å². The molecule has 0 radical (unpaired) electrons. The summed E-state index contributed by atoms with van der Waals surface area (Å²) in [5.74, 6) is 2.09. The molecular weight excluding hydrogens is 423 g/mol. The molecule has 1 amide bonds. The van der Waals surface area contributed by atoms with Gasteiger partial charge in [0.1, 0.15) is 0 Å². The average Bonchev–Trinajstić information content (AvgIpc) is 3.14. The minimum Gasteiger partial charge on any atom is -0.353 e. The van der Waals surface area contributed by atoms with Crippen LogP contribution in [0.15, 0.2) is 22.7 Å². The van der Waals surface area contributed by atoms with Crippen LogP contribution >= 0.6 is 23.2 Å². The standard InChI is InChI=1S/C22H30Cl2N4O2/c1-13(2)20(14(3)4)26-22(29)15-7-9-28(10-8-15)12-19-25-21(27-30-19)17-6-5-16(23)11-18(17)24/h5-6,11,13-15,20H,7-10,12H2,1-4H3,(H,26,29). The van der Waals surface area contributed by atoms with Gasteiger partial charge in [-0.15, -0.1) is 0 Å². The number of piperidine rings is 1. The second-order valence-electron chi connectivity index (χ2n) is 8.71. The summed E-state index contributed by atoms with van der Waals surface area (Å²) in [6.07, 6.45) is 1.66. The lowest BCUT2D eigenvalue weighted by Crippen LogP contribution is -2.47. The zero-order valence-corrected chi connectivity index (χ0v) is 19.5. The van der Waals surface area contributed by atoms with Gasteiger partial charge in [-0.05, 0) is 56.0 Å². The molecule has 0 saturated carbocycles. The van der Waals surface area contributed by atoms with Gasteiger partial charge in [-0.2, -0.15) is 4.98 Å². The number of nitrogens with one attached hydrogen (secondary N) is 1. The normalized spacial score (nSPS) is 16.0. The Labute approximate surface area is 188 Å². The molecular formula is C22H30Cl2N4O2. The van der Waals surface area contributed by atoms with Gasteiger partial charge in [0.25, 0.3) is 0 Å². The van der Waals surface area contributed by atoms with E-state index in [9.17, 15) is 4.79 Å². The zero-order valence-electron chi connectivity index (χ0n) is 18.0. The molecule has 1 aromatic heterocycles. The van der Waals surface area contributed by atoms with Crippen LogP contribution in [0.3, 0.4) is 0 Å². The van der Waals surface area contributed by atoms with E-state index < -0.39 is 0 Å². The van der Waals surface area contributed by atoms with Crippen LogP contribution < -0.4 is 5.32 Å². The van der Waals surface area contributed by atoms with Crippen LogP contribution in [0.4, 0.5) is 0 Å². The number of halogens is 2. The number of aromatic nitrogens is 2. The summed E-state index contributed by atoms with van der Waals surface area (Å²) >= 11 is 12.2. The number of hydrogen-bond acceptors (Lipinski definition) is 5. The van der Waals surface area contributed by atoms with Gasteiger partial charge in [-0.1, -0.05) is 56.1 Å². The molecule has 0 bridgehead atoms. The second-order valence-corrected chi connectivity index (χ2v) is 9.55. The van der Waals surface area contributed by atoms with Gasteiger partial charge >= 0.3 is 0 Å². The molecule has 1 fully saturated rings. The van der Waals surface area contributed by atoms with Gasteiger partial charge < -0.3 is 9.84 Å². The molecule has 2 heterocycles. The fourth-order valence-electron chi connectivity index (χ4n) is 4.03. The van der Waals surface area contributed by atoms with E-state index in [2.05, 4.69) is 48.1 Å². The van der Waals surface area contributed by atoms with Gasteiger partial charge in [0.05, 0.1) is 11.6 Å². The largest absolute Gasteiger partial charge is 0.353 e. The highest BCUT2D eigenvalue weighted by Gasteiger charge is 2.29. The van der Waals surface area contributed by atoms with Gasteiger partial charge in [0.2, 0.25) is 17.6 Å². The van der Waals surface area contributed by atoms with Crippen LogP contribution in [-0.2, 0) is 11.3 Å². The zero-order chi connectivity index (χ0) is 21.8. The second kappa shape index (κ2) is 10.1. The Bertz CT molecular complexity index is 853. The van der Waals surface area contributed by atoms with E-state index in [1.807, 2.05) is 0 Å². The number of hydrogen-bond donors (Lipinski definition) is 1. The minimum absolute atomic E-state index is 0.0624. The first-order valence-electron chi connectivity index (χ1n) is 10.5. The van der Waals surface area contributed by atoms with Crippen molar-refractivity contribution in [3.8, 4) is 11.4 Å². The van der Waals surface area contributed by atoms with E-state index in [1.165, 1.54) is 0 Å².